The number of carboxylic acid groups (broad SMARTS) is 1. The lowest BCUT2D eigenvalue weighted by molar-refractivity contribution is -0.139. The van der Waals surface area contributed by atoms with E-state index < -0.39 is 23.3 Å². The molecule has 1 aromatic heterocycles. The maximum absolute atomic E-state index is 11.2. The quantitative estimate of drug-likeness (QED) is 0.563. The summed E-state index contributed by atoms with van der Waals surface area (Å²) >= 11 is 5.18. The Balaban J connectivity index is 2.94. The fourth-order valence-corrected chi connectivity index (χ4v) is 1.11. The average Bonchev–Trinajstić information content (AvgIpc) is 2.16. The Labute approximate surface area is 88.4 Å². The molecule has 1 aromatic rings. The molecule has 1 heterocycles. The molecule has 3 N–H and O–H groups in total. The Kier molecular flexibility index (Phi) is 3.64. The number of carbonyl (C=O) groups is 1. The molecule has 1 atom stereocenters. The number of hydrogen-bond donors (Lipinski definition) is 3. The molecule has 8 heteroatoms. The second kappa shape index (κ2) is 4.76. The SMILES string of the molecule is O=C(O)[C@H](Cn1ccc(=O)[nH]c1=O)NCl. The molecule has 15 heavy (non-hydrogen) atoms. The van der Waals surface area contributed by atoms with Crippen molar-refractivity contribution in [3.63, 3.8) is 0 Å². The van der Waals surface area contributed by atoms with E-state index in [1.807, 2.05) is 9.82 Å². The van der Waals surface area contributed by atoms with Crippen LogP contribution in [0, 0.1) is 0 Å². The number of H-pyrrole nitrogens is 1. The summed E-state index contributed by atoms with van der Waals surface area (Å²) in [5, 5.41) is 8.65. The zero-order valence-corrected chi connectivity index (χ0v) is 8.19. The maximum Gasteiger partial charge on any atom is 0.328 e. The van der Waals surface area contributed by atoms with Gasteiger partial charge in [-0.3, -0.25) is 19.1 Å². The minimum absolute atomic E-state index is 0.172. The molecule has 0 saturated carbocycles. The van der Waals surface area contributed by atoms with Crippen LogP contribution in [0.25, 0.3) is 0 Å². The Hall–Kier alpha value is -1.60. The topological polar surface area (TPSA) is 104 Å². The molecule has 0 bridgehead atoms. The largest absolute Gasteiger partial charge is 0.480 e. The van der Waals surface area contributed by atoms with Crippen LogP contribution in [0.3, 0.4) is 0 Å². The van der Waals surface area contributed by atoms with Crippen LogP contribution in [-0.2, 0) is 11.3 Å². The summed E-state index contributed by atoms with van der Waals surface area (Å²) in [6.45, 7) is -0.172. The summed E-state index contributed by atoms with van der Waals surface area (Å²) in [6.07, 6.45) is 1.20. The third-order valence-corrected chi connectivity index (χ3v) is 1.97. The highest BCUT2D eigenvalue weighted by atomic mass is 35.5. The predicted molar refractivity (Wildman–Crippen MR) is 51.7 cm³/mol. The fraction of sp³-hybridized carbons (Fsp3) is 0.286. The first kappa shape index (κ1) is 11.5. The molecule has 0 unspecified atom stereocenters. The van der Waals surface area contributed by atoms with Gasteiger partial charge >= 0.3 is 11.7 Å². The third kappa shape index (κ3) is 2.93. The molecule has 0 radical (unpaired) electrons. The highest BCUT2D eigenvalue weighted by Crippen LogP contribution is 1.90. The van der Waals surface area contributed by atoms with E-state index >= 15 is 0 Å². The van der Waals surface area contributed by atoms with Crippen molar-refractivity contribution in [1.29, 1.82) is 0 Å². The minimum atomic E-state index is -1.19. The van der Waals surface area contributed by atoms with Gasteiger partial charge in [0.2, 0.25) is 0 Å². The van der Waals surface area contributed by atoms with Crippen molar-refractivity contribution in [3.8, 4) is 0 Å². The third-order valence-electron chi connectivity index (χ3n) is 1.71. The van der Waals surface area contributed by atoms with Crippen LogP contribution in [0.15, 0.2) is 21.9 Å². The summed E-state index contributed by atoms with van der Waals surface area (Å²) in [5.41, 5.74) is -1.22. The van der Waals surface area contributed by atoms with E-state index in [1.54, 1.807) is 0 Å². The van der Waals surface area contributed by atoms with Gasteiger partial charge < -0.3 is 5.11 Å². The summed E-state index contributed by atoms with van der Waals surface area (Å²) in [4.78, 5) is 36.4. The van der Waals surface area contributed by atoms with Gasteiger partial charge in [0.25, 0.3) is 5.56 Å². The molecular weight excluding hydrogens is 226 g/mol. The van der Waals surface area contributed by atoms with Gasteiger partial charge in [-0.2, -0.15) is 0 Å². The molecule has 1 rings (SSSR count). The van der Waals surface area contributed by atoms with Crippen LogP contribution in [0.5, 0.6) is 0 Å². The van der Waals surface area contributed by atoms with Crippen LogP contribution in [0.1, 0.15) is 0 Å². The van der Waals surface area contributed by atoms with Gasteiger partial charge in [0.15, 0.2) is 0 Å². The van der Waals surface area contributed by atoms with Crippen molar-refractivity contribution < 1.29 is 9.90 Å². The minimum Gasteiger partial charge on any atom is -0.480 e. The van der Waals surface area contributed by atoms with Crippen molar-refractivity contribution in [2.75, 3.05) is 0 Å². The van der Waals surface area contributed by atoms with Crippen molar-refractivity contribution in [1.82, 2.24) is 14.4 Å². The Morgan fingerprint density at radius 1 is 1.67 bits per heavy atom. The van der Waals surface area contributed by atoms with Crippen LogP contribution < -0.4 is 16.1 Å². The van der Waals surface area contributed by atoms with Gasteiger partial charge in [-0.05, 0) is 11.8 Å². The molecule has 0 aliphatic carbocycles. The molecule has 7 nitrogen and oxygen atoms in total. The lowest BCUT2D eigenvalue weighted by Gasteiger charge is -2.10. The Morgan fingerprint density at radius 2 is 2.33 bits per heavy atom. The number of nitrogens with zero attached hydrogens (tertiary/aromatic N) is 1. The van der Waals surface area contributed by atoms with Crippen LogP contribution in [-0.4, -0.2) is 26.7 Å². The first-order chi connectivity index (χ1) is 7.04. The van der Waals surface area contributed by atoms with Crippen molar-refractivity contribution in [2.24, 2.45) is 0 Å². The van der Waals surface area contributed by atoms with Gasteiger partial charge in [-0.15, -0.1) is 0 Å². The molecule has 0 spiro atoms. The van der Waals surface area contributed by atoms with Gasteiger partial charge in [-0.25, -0.2) is 9.63 Å². The van der Waals surface area contributed by atoms with E-state index in [4.69, 9.17) is 16.9 Å². The second-order valence-corrected chi connectivity index (χ2v) is 2.98. The van der Waals surface area contributed by atoms with E-state index in [0.717, 1.165) is 10.6 Å². The maximum atomic E-state index is 11.2. The van der Waals surface area contributed by atoms with E-state index in [2.05, 4.69) is 0 Å². The number of aromatic amines is 1. The van der Waals surface area contributed by atoms with Gasteiger partial charge in [0, 0.05) is 12.3 Å². The highest BCUT2D eigenvalue weighted by Gasteiger charge is 2.16. The molecular formula is C7H8ClN3O4. The number of hydrogen-bond acceptors (Lipinski definition) is 4. The van der Waals surface area contributed by atoms with E-state index in [0.29, 0.717) is 0 Å². The van der Waals surface area contributed by atoms with Gasteiger partial charge in [-0.1, -0.05) is 0 Å². The molecule has 0 saturated heterocycles. The highest BCUT2D eigenvalue weighted by molar-refractivity contribution is 6.14. The van der Waals surface area contributed by atoms with Crippen molar-refractivity contribution in [3.05, 3.63) is 33.1 Å². The summed E-state index contributed by atoms with van der Waals surface area (Å²) < 4.78 is 1.04. The van der Waals surface area contributed by atoms with Crippen LogP contribution >= 0.6 is 11.8 Å². The fourth-order valence-electron chi connectivity index (χ4n) is 0.944. The van der Waals surface area contributed by atoms with Crippen LogP contribution in [0.2, 0.25) is 0 Å². The van der Waals surface area contributed by atoms with Gasteiger partial charge in [0.05, 0.1) is 6.54 Å². The number of rotatable bonds is 4. The normalized spacial score (nSPS) is 12.3. The predicted octanol–water partition coefficient (Wildman–Crippen LogP) is -1.27. The summed E-state index contributed by atoms with van der Waals surface area (Å²) in [5.74, 6) is -1.19. The van der Waals surface area contributed by atoms with E-state index in [-0.39, 0.29) is 6.54 Å². The first-order valence-corrected chi connectivity index (χ1v) is 4.31. The molecule has 0 fully saturated rings. The first-order valence-electron chi connectivity index (χ1n) is 3.93. The smallest absolute Gasteiger partial charge is 0.328 e. The van der Waals surface area contributed by atoms with Crippen molar-refractivity contribution in [2.45, 2.75) is 12.6 Å². The summed E-state index contributed by atoms with van der Waals surface area (Å²) in [7, 11) is 0. The Morgan fingerprint density at radius 3 is 2.80 bits per heavy atom. The lowest BCUT2D eigenvalue weighted by Crippen LogP contribution is -2.40. The number of aliphatic carboxylic acids is 1. The molecule has 0 amide bonds. The standard InChI is InChI=1S/C7H8ClN3O4/c8-10-4(6(13)14)3-11-2-1-5(12)9-7(11)15/h1-2,4,10H,3H2,(H,13,14)(H,9,12,15)/t4-/m0/s1. The number of nitrogens with one attached hydrogen (secondary N) is 2. The van der Waals surface area contributed by atoms with E-state index in [9.17, 15) is 14.4 Å². The van der Waals surface area contributed by atoms with Crippen molar-refractivity contribution >= 4 is 17.7 Å². The monoisotopic (exact) mass is 233 g/mol. The average molecular weight is 234 g/mol. The number of carboxylic acids is 1. The second-order valence-electron chi connectivity index (χ2n) is 2.76. The van der Waals surface area contributed by atoms with Crippen LogP contribution in [0.4, 0.5) is 0 Å². The number of aromatic nitrogens is 2. The lowest BCUT2D eigenvalue weighted by atomic mass is 10.3. The molecule has 0 aliphatic heterocycles. The zero-order valence-electron chi connectivity index (χ0n) is 7.44. The zero-order chi connectivity index (χ0) is 11.4. The molecule has 82 valence electrons. The van der Waals surface area contributed by atoms with Gasteiger partial charge in [0.1, 0.15) is 6.04 Å². The molecule has 0 aliphatic rings. The number of halogens is 1. The van der Waals surface area contributed by atoms with E-state index in [1.165, 1.54) is 6.20 Å². The summed E-state index contributed by atoms with van der Waals surface area (Å²) in [6, 6.07) is 0.0180. The molecule has 0 aromatic carbocycles. The Bertz CT molecular complexity index is 466.